The summed E-state index contributed by atoms with van der Waals surface area (Å²) in [7, 11) is 0. The minimum atomic E-state index is -1.18. The minimum absolute atomic E-state index is 0.0567. The van der Waals surface area contributed by atoms with Crippen LogP contribution in [0.2, 0.25) is 0 Å². The summed E-state index contributed by atoms with van der Waals surface area (Å²) in [5.74, 6) is -2.16. The largest absolute Gasteiger partial charge is 0.505 e. The molecule has 3 amide bonds. The molecular formula is C20H21BrF2N4O4. The molecule has 1 fully saturated rings. The van der Waals surface area contributed by atoms with Crippen LogP contribution in [0.4, 0.5) is 19.3 Å². The Balaban J connectivity index is 1.47. The number of hydrazine groups is 1. The van der Waals surface area contributed by atoms with Gasteiger partial charge >= 0.3 is 6.03 Å². The van der Waals surface area contributed by atoms with E-state index in [9.17, 15) is 23.5 Å². The zero-order chi connectivity index (χ0) is 22.6. The maximum atomic E-state index is 13.7. The Morgan fingerprint density at radius 3 is 2.65 bits per heavy atom. The van der Waals surface area contributed by atoms with E-state index in [2.05, 4.69) is 32.0 Å². The summed E-state index contributed by atoms with van der Waals surface area (Å²) in [5, 5.41) is 15.4. The van der Waals surface area contributed by atoms with E-state index < -0.39 is 34.9 Å². The average Bonchev–Trinajstić information content (AvgIpc) is 2.93. The predicted octanol–water partition coefficient (Wildman–Crippen LogP) is 3.22. The number of carbonyl (C=O) groups excluding carboxylic acids is 2. The van der Waals surface area contributed by atoms with Crippen LogP contribution in [0.3, 0.4) is 0 Å². The molecule has 3 rings (SSSR count). The fourth-order valence-electron chi connectivity index (χ4n) is 3.02. The number of rotatable bonds is 9. The van der Waals surface area contributed by atoms with Crippen LogP contribution in [-0.2, 0) is 16.0 Å². The fraction of sp³-hybridized carbons (Fsp3) is 0.300. The predicted molar refractivity (Wildman–Crippen MR) is 112 cm³/mol. The van der Waals surface area contributed by atoms with Crippen LogP contribution >= 0.6 is 15.9 Å². The van der Waals surface area contributed by atoms with Crippen molar-refractivity contribution >= 4 is 33.6 Å². The molecule has 1 atom stereocenters. The van der Waals surface area contributed by atoms with Gasteiger partial charge in [-0.1, -0.05) is 22.0 Å². The number of phenols is 1. The van der Waals surface area contributed by atoms with E-state index in [0.717, 1.165) is 5.01 Å². The van der Waals surface area contributed by atoms with E-state index in [-0.39, 0.29) is 25.6 Å². The Hall–Kier alpha value is -2.76. The molecule has 1 heterocycles. The Kier molecular flexibility index (Phi) is 7.08. The molecular weight excluding hydrogens is 478 g/mol. The average molecular weight is 499 g/mol. The molecule has 11 heteroatoms. The quantitative estimate of drug-likeness (QED) is 0.240. The number of hydrogen-bond acceptors (Lipinski definition) is 6. The number of aromatic hydroxyl groups is 1. The molecule has 1 aliphatic rings. The highest BCUT2D eigenvalue weighted by Gasteiger charge is 2.47. The number of hydrogen-bond donors (Lipinski definition) is 4. The molecule has 1 unspecified atom stereocenters. The van der Waals surface area contributed by atoms with Crippen molar-refractivity contribution in [3.63, 3.8) is 0 Å². The van der Waals surface area contributed by atoms with E-state index in [1.54, 1.807) is 25.1 Å². The number of nitrogens with zero attached hydrogens (tertiary/aromatic N) is 1. The number of carbonyl (C=O) groups is 2. The van der Waals surface area contributed by atoms with Gasteiger partial charge in [-0.15, -0.1) is 0 Å². The van der Waals surface area contributed by atoms with Crippen molar-refractivity contribution < 1.29 is 28.2 Å². The second kappa shape index (κ2) is 9.58. The lowest BCUT2D eigenvalue weighted by Gasteiger charge is -2.21. The van der Waals surface area contributed by atoms with E-state index in [4.69, 9.17) is 4.74 Å². The topological polar surface area (TPSA) is 103 Å². The summed E-state index contributed by atoms with van der Waals surface area (Å²) >= 11 is 3.17. The van der Waals surface area contributed by atoms with Crippen molar-refractivity contribution in [2.75, 3.05) is 18.8 Å². The summed E-state index contributed by atoms with van der Waals surface area (Å²) in [5.41, 5.74) is 2.22. The van der Waals surface area contributed by atoms with Crippen LogP contribution in [0.15, 0.2) is 40.9 Å². The summed E-state index contributed by atoms with van der Waals surface area (Å²) in [4.78, 5) is 24.9. The molecule has 2 aromatic carbocycles. The van der Waals surface area contributed by atoms with E-state index in [1.807, 2.05) is 0 Å². The van der Waals surface area contributed by atoms with E-state index in [0.29, 0.717) is 16.5 Å². The number of nitrogens with one attached hydrogen (secondary N) is 3. The molecule has 0 aromatic heterocycles. The molecule has 0 saturated carbocycles. The van der Waals surface area contributed by atoms with E-state index >= 15 is 0 Å². The summed E-state index contributed by atoms with van der Waals surface area (Å²) in [6.45, 7) is 1.34. The number of urea groups is 1. The van der Waals surface area contributed by atoms with Gasteiger partial charge in [-0.2, -0.15) is 10.4 Å². The minimum Gasteiger partial charge on any atom is -0.505 e. The number of aryl methyl sites for hydroxylation is 1. The summed E-state index contributed by atoms with van der Waals surface area (Å²) in [6.07, 6.45) is 0.540. The monoisotopic (exact) mass is 498 g/mol. The first-order valence-electron chi connectivity index (χ1n) is 9.34. The first-order chi connectivity index (χ1) is 14.7. The normalized spacial score (nSPS) is 18.4. The molecule has 2 aromatic rings. The number of benzene rings is 2. The standard InChI is InChI=1S/C20H21BrF2N4O4/c1-20(7-6-12-2-5-17(28)15(23)8-12)18(29)27(19(30)26-20)25-11-31-10-24-16-4-3-13(21)9-14(16)22/h2-5,8-9,24-25,28H,6-7,10-11H2,1H3,(H,26,30). The van der Waals surface area contributed by atoms with Gasteiger partial charge in [0.1, 0.15) is 24.8 Å². The number of imide groups is 1. The summed E-state index contributed by atoms with van der Waals surface area (Å²) in [6, 6.07) is 7.85. The molecule has 1 saturated heterocycles. The third kappa shape index (κ3) is 5.49. The van der Waals surface area contributed by atoms with Gasteiger partial charge in [0.05, 0.1) is 5.69 Å². The van der Waals surface area contributed by atoms with Crippen molar-refractivity contribution in [3.05, 3.63) is 58.1 Å². The second-order valence-corrected chi connectivity index (χ2v) is 8.06. The fourth-order valence-corrected chi connectivity index (χ4v) is 3.35. The van der Waals surface area contributed by atoms with Gasteiger partial charge in [0, 0.05) is 4.47 Å². The third-order valence-electron chi connectivity index (χ3n) is 4.81. The highest BCUT2D eigenvalue weighted by molar-refractivity contribution is 9.10. The van der Waals surface area contributed by atoms with Crippen molar-refractivity contribution in [2.24, 2.45) is 0 Å². The molecule has 8 nitrogen and oxygen atoms in total. The second-order valence-electron chi connectivity index (χ2n) is 7.14. The summed E-state index contributed by atoms with van der Waals surface area (Å²) < 4.78 is 33.1. The van der Waals surface area contributed by atoms with Gasteiger partial charge < -0.3 is 20.5 Å². The van der Waals surface area contributed by atoms with Gasteiger partial charge in [-0.05, 0) is 55.7 Å². The van der Waals surface area contributed by atoms with Gasteiger partial charge in [-0.25, -0.2) is 13.6 Å². The lowest BCUT2D eigenvalue weighted by Crippen LogP contribution is -2.47. The number of phenolic OH excluding ortho intramolecular Hbond substituents is 1. The lowest BCUT2D eigenvalue weighted by atomic mass is 9.93. The van der Waals surface area contributed by atoms with Crippen molar-refractivity contribution in [1.82, 2.24) is 15.8 Å². The van der Waals surface area contributed by atoms with Crippen LogP contribution in [0.5, 0.6) is 5.75 Å². The van der Waals surface area contributed by atoms with Crippen LogP contribution in [0.25, 0.3) is 0 Å². The van der Waals surface area contributed by atoms with Crippen LogP contribution in [-0.4, -0.2) is 41.1 Å². The molecule has 0 aliphatic carbocycles. The molecule has 0 bridgehead atoms. The van der Waals surface area contributed by atoms with Crippen LogP contribution in [0, 0.1) is 11.6 Å². The van der Waals surface area contributed by atoms with Gasteiger partial charge in [0.2, 0.25) is 0 Å². The SMILES string of the molecule is CC1(CCc2ccc(O)c(F)c2)NC(=O)N(NCOCNc2ccc(Br)cc2F)C1=O. The van der Waals surface area contributed by atoms with Gasteiger partial charge in [0.15, 0.2) is 11.6 Å². The smallest absolute Gasteiger partial charge is 0.339 e. The van der Waals surface area contributed by atoms with Crippen molar-refractivity contribution in [1.29, 1.82) is 0 Å². The molecule has 1 aliphatic heterocycles. The van der Waals surface area contributed by atoms with Gasteiger partial charge in [0.25, 0.3) is 5.91 Å². The molecule has 0 radical (unpaired) electrons. The Morgan fingerprint density at radius 2 is 1.94 bits per heavy atom. The number of halogens is 3. The first-order valence-corrected chi connectivity index (χ1v) is 10.1. The number of ether oxygens (including phenoxy) is 1. The first kappa shape index (κ1) is 22.9. The highest BCUT2D eigenvalue weighted by Crippen LogP contribution is 2.24. The number of amides is 3. The maximum Gasteiger partial charge on any atom is 0.339 e. The highest BCUT2D eigenvalue weighted by atomic mass is 79.9. The van der Waals surface area contributed by atoms with Crippen LogP contribution < -0.4 is 16.1 Å². The van der Waals surface area contributed by atoms with E-state index in [1.165, 1.54) is 18.2 Å². The van der Waals surface area contributed by atoms with Crippen molar-refractivity contribution in [3.8, 4) is 5.75 Å². The lowest BCUT2D eigenvalue weighted by molar-refractivity contribution is -0.134. The number of anilines is 1. The van der Waals surface area contributed by atoms with Crippen molar-refractivity contribution in [2.45, 2.75) is 25.3 Å². The molecule has 166 valence electrons. The molecule has 0 spiro atoms. The zero-order valence-electron chi connectivity index (χ0n) is 16.5. The Morgan fingerprint density at radius 1 is 1.16 bits per heavy atom. The Bertz CT molecular complexity index is 994. The van der Waals surface area contributed by atoms with Crippen LogP contribution in [0.1, 0.15) is 18.9 Å². The Labute approximate surface area is 185 Å². The van der Waals surface area contributed by atoms with Gasteiger partial charge in [-0.3, -0.25) is 4.79 Å². The third-order valence-corrected chi connectivity index (χ3v) is 5.30. The maximum absolute atomic E-state index is 13.7. The molecule has 31 heavy (non-hydrogen) atoms. The molecule has 4 N–H and O–H groups in total. The zero-order valence-corrected chi connectivity index (χ0v) is 18.1.